The standard InChI is InChI=1S/C15H29NO/c1-5-10-16-11-6-7-13(2)12-14-8-9-15(3,4)17-14/h7,14,16H,5-6,8-12H2,1-4H3/b13-7-. The molecule has 1 rings (SSSR count). The molecule has 0 bridgehead atoms. The van der Waals surface area contributed by atoms with Crippen LogP contribution in [0, 0.1) is 0 Å². The van der Waals surface area contributed by atoms with Gasteiger partial charge in [-0.3, -0.25) is 0 Å². The summed E-state index contributed by atoms with van der Waals surface area (Å²) in [6, 6.07) is 0. The lowest BCUT2D eigenvalue weighted by Gasteiger charge is -2.19. The monoisotopic (exact) mass is 239 g/mol. The second-order valence-electron chi connectivity index (χ2n) is 5.83. The molecule has 1 aliphatic rings. The van der Waals surface area contributed by atoms with Crippen molar-refractivity contribution in [1.29, 1.82) is 0 Å². The van der Waals surface area contributed by atoms with E-state index >= 15 is 0 Å². The molecule has 1 unspecified atom stereocenters. The van der Waals surface area contributed by atoms with Crippen molar-refractivity contribution in [3.63, 3.8) is 0 Å². The Kier molecular flexibility index (Phi) is 6.21. The van der Waals surface area contributed by atoms with E-state index < -0.39 is 0 Å². The molecule has 1 saturated heterocycles. The third kappa shape index (κ3) is 6.23. The molecule has 1 heterocycles. The fourth-order valence-corrected chi connectivity index (χ4v) is 2.39. The van der Waals surface area contributed by atoms with Gasteiger partial charge in [0.05, 0.1) is 11.7 Å². The van der Waals surface area contributed by atoms with Crippen molar-refractivity contribution in [2.24, 2.45) is 0 Å². The van der Waals surface area contributed by atoms with Crippen molar-refractivity contribution in [2.45, 2.75) is 71.5 Å². The second kappa shape index (κ2) is 7.17. The summed E-state index contributed by atoms with van der Waals surface area (Å²) in [4.78, 5) is 0. The quantitative estimate of drug-likeness (QED) is 0.540. The Labute approximate surface area is 107 Å². The minimum atomic E-state index is 0.105. The van der Waals surface area contributed by atoms with Gasteiger partial charge in [-0.05, 0) is 66.0 Å². The fourth-order valence-electron chi connectivity index (χ4n) is 2.39. The van der Waals surface area contributed by atoms with Gasteiger partial charge in [0, 0.05) is 0 Å². The normalized spacial score (nSPS) is 24.2. The Morgan fingerprint density at radius 3 is 2.76 bits per heavy atom. The van der Waals surface area contributed by atoms with Crippen molar-refractivity contribution in [3.8, 4) is 0 Å². The van der Waals surface area contributed by atoms with Gasteiger partial charge in [-0.1, -0.05) is 18.6 Å². The molecule has 0 radical (unpaired) electrons. The average Bonchev–Trinajstić information content (AvgIpc) is 2.57. The van der Waals surface area contributed by atoms with Crippen LogP contribution in [-0.2, 0) is 4.74 Å². The molecule has 0 aromatic rings. The lowest BCUT2D eigenvalue weighted by Crippen LogP contribution is -2.20. The highest BCUT2D eigenvalue weighted by molar-refractivity contribution is 5.01. The Morgan fingerprint density at radius 2 is 2.18 bits per heavy atom. The van der Waals surface area contributed by atoms with Crippen LogP contribution in [0.3, 0.4) is 0 Å². The Morgan fingerprint density at radius 1 is 1.41 bits per heavy atom. The first-order valence-electron chi connectivity index (χ1n) is 7.07. The summed E-state index contributed by atoms with van der Waals surface area (Å²) >= 11 is 0. The first-order chi connectivity index (χ1) is 8.03. The van der Waals surface area contributed by atoms with Crippen LogP contribution in [0.4, 0.5) is 0 Å². The molecule has 0 saturated carbocycles. The van der Waals surface area contributed by atoms with Crippen LogP contribution in [0.15, 0.2) is 11.6 Å². The van der Waals surface area contributed by atoms with E-state index in [0.29, 0.717) is 6.10 Å². The smallest absolute Gasteiger partial charge is 0.0631 e. The topological polar surface area (TPSA) is 21.3 Å². The molecule has 0 amide bonds. The van der Waals surface area contributed by atoms with Crippen LogP contribution in [0.2, 0.25) is 0 Å². The second-order valence-corrected chi connectivity index (χ2v) is 5.83. The Balaban J connectivity index is 2.16. The molecule has 0 aromatic carbocycles. The third-order valence-electron chi connectivity index (χ3n) is 3.34. The number of ether oxygens (including phenoxy) is 1. The SMILES string of the molecule is CCCNCC/C=C(/C)CC1CCC(C)(C)O1. The lowest BCUT2D eigenvalue weighted by molar-refractivity contribution is -0.0144. The molecule has 2 nitrogen and oxygen atoms in total. The summed E-state index contributed by atoms with van der Waals surface area (Å²) in [5.74, 6) is 0. The minimum absolute atomic E-state index is 0.105. The number of nitrogens with one attached hydrogen (secondary N) is 1. The maximum absolute atomic E-state index is 6.01. The molecule has 2 heteroatoms. The van der Waals surface area contributed by atoms with Crippen LogP contribution in [0.25, 0.3) is 0 Å². The summed E-state index contributed by atoms with van der Waals surface area (Å²) in [6.45, 7) is 11.1. The van der Waals surface area contributed by atoms with Gasteiger partial charge in [0.1, 0.15) is 0 Å². The van der Waals surface area contributed by atoms with Crippen LogP contribution in [-0.4, -0.2) is 24.8 Å². The van der Waals surface area contributed by atoms with Crippen LogP contribution in [0.1, 0.15) is 59.8 Å². The van der Waals surface area contributed by atoms with Crippen LogP contribution >= 0.6 is 0 Å². The molecule has 100 valence electrons. The molecule has 1 N–H and O–H groups in total. The molecule has 0 aromatic heterocycles. The van der Waals surface area contributed by atoms with E-state index in [4.69, 9.17) is 4.74 Å². The maximum atomic E-state index is 6.01. The molecule has 0 aliphatic carbocycles. The molecule has 1 atom stereocenters. The minimum Gasteiger partial charge on any atom is -0.372 e. The highest BCUT2D eigenvalue weighted by Crippen LogP contribution is 2.32. The molecule has 0 spiro atoms. The summed E-state index contributed by atoms with van der Waals surface area (Å²) in [5, 5.41) is 3.42. The van der Waals surface area contributed by atoms with Crippen LogP contribution < -0.4 is 5.32 Å². The highest BCUT2D eigenvalue weighted by Gasteiger charge is 2.31. The third-order valence-corrected chi connectivity index (χ3v) is 3.34. The van der Waals surface area contributed by atoms with Crippen LogP contribution in [0.5, 0.6) is 0 Å². The van der Waals surface area contributed by atoms with Crippen molar-refractivity contribution >= 4 is 0 Å². The summed E-state index contributed by atoms with van der Waals surface area (Å²) < 4.78 is 6.01. The average molecular weight is 239 g/mol. The van der Waals surface area contributed by atoms with Gasteiger partial charge < -0.3 is 10.1 Å². The van der Waals surface area contributed by atoms with Crippen molar-refractivity contribution in [2.75, 3.05) is 13.1 Å². The number of rotatable bonds is 7. The van der Waals surface area contributed by atoms with Crippen molar-refractivity contribution in [1.82, 2.24) is 5.32 Å². The first kappa shape index (κ1) is 14.7. The molecular formula is C15H29NO. The molecule has 1 fully saturated rings. The van der Waals surface area contributed by atoms with E-state index in [-0.39, 0.29) is 5.60 Å². The Bertz CT molecular complexity index is 245. The van der Waals surface area contributed by atoms with E-state index in [2.05, 4.69) is 39.1 Å². The zero-order valence-electron chi connectivity index (χ0n) is 12.0. The highest BCUT2D eigenvalue weighted by atomic mass is 16.5. The summed E-state index contributed by atoms with van der Waals surface area (Å²) in [6.07, 6.45) is 8.68. The lowest BCUT2D eigenvalue weighted by atomic mass is 10.0. The van der Waals surface area contributed by atoms with Gasteiger partial charge in [-0.15, -0.1) is 0 Å². The first-order valence-corrected chi connectivity index (χ1v) is 7.07. The van der Waals surface area contributed by atoms with Crippen molar-refractivity contribution in [3.05, 3.63) is 11.6 Å². The zero-order chi connectivity index (χ0) is 12.7. The molecular weight excluding hydrogens is 210 g/mol. The van der Waals surface area contributed by atoms with Gasteiger partial charge in [0.15, 0.2) is 0 Å². The van der Waals surface area contributed by atoms with E-state index in [0.717, 1.165) is 25.9 Å². The zero-order valence-corrected chi connectivity index (χ0v) is 12.0. The molecule has 1 aliphatic heterocycles. The van der Waals surface area contributed by atoms with Crippen molar-refractivity contribution < 1.29 is 4.74 Å². The van der Waals surface area contributed by atoms with Gasteiger partial charge in [-0.2, -0.15) is 0 Å². The van der Waals surface area contributed by atoms with Gasteiger partial charge in [0.25, 0.3) is 0 Å². The number of hydrogen-bond acceptors (Lipinski definition) is 2. The number of hydrogen-bond donors (Lipinski definition) is 1. The van der Waals surface area contributed by atoms with E-state index in [1.165, 1.54) is 24.8 Å². The predicted molar refractivity (Wildman–Crippen MR) is 74.3 cm³/mol. The van der Waals surface area contributed by atoms with Gasteiger partial charge in [-0.25, -0.2) is 0 Å². The predicted octanol–water partition coefficient (Wildman–Crippen LogP) is 3.67. The Hall–Kier alpha value is -0.340. The fraction of sp³-hybridized carbons (Fsp3) is 0.867. The molecule has 17 heavy (non-hydrogen) atoms. The summed E-state index contributed by atoms with van der Waals surface area (Å²) in [5.41, 5.74) is 1.58. The summed E-state index contributed by atoms with van der Waals surface area (Å²) in [7, 11) is 0. The largest absolute Gasteiger partial charge is 0.372 e. The maximum Gasteiger partial charge on any atom is 0.0631 e. The van der Waals surface area contributed by atoms with E-state index in [9.17, 15) is 0 Å². The van der Waals surface area contributed by atoms with Gasteiger partial charge in [0.2, 0.25) is 0 Å². The van der Waals surface area contributed by atoms with Gasteiger partial charge >= 0.3 is 0 Å². The van der Waals surface area contributed by atoms with E-state index in [1.807, 2.05) is 0 Å². The van der Waals surface area contributed by atoms with E-state index in [1.54, 1.807) is 0 Å².